The molecule has 0 amide bonds. The number of benzene rings is 1. The zero-order valence-corrected chi connectivity index (χ0v) is 15.9. The first-order valence-electron chi connectivity index (χ1n) is 8.97. The standard InChI is InChI=1S/C20H21FN6O.H2/c1-13(12-26(2)3)23-19-22-9-8-16(24-19)18-17(14-4-6-15(21)7-5-14)25-20-27(18)10-11-28-20;/h4-11,13H,12H2,1-3H3,(H,22,23,24);1H. The summed E-state index contributed by atoms with van der Waals surface area (Å²) in [4.78, 5) is 15.7. The second-order valence-corrected chi connectivity index (χ2v) is 6.94. The molecule has 8 heteroatoms. The highest BCUT2D eigenvalue weighted by Crippen LogP contribution is 2.32. The fraction of sp³-hybridized carbons (Fsp3) is 0.250. The molecule has 0 bridgehead atoms. The monoisotopic (exact) mass is 382 g/mol. The molecule has 146 valence electrons. The minimum Gasteiger partial charge on any atom is -0.432 e. The van der Waals surface area contributed by atoms with Crippen molar-refractivity contribution in [3.63, 3.8) is 0 Å². The number of nitrogens with one attached hydrogen (secondary N) is 1. The molecule has 0 aliphatic rings. The molecule has 4 rings (SSSR count). The summed E-state index contributed by atoms with van der Waals surface area (Å²) in [6, 6.07) is 8.22. The fourth-order valence-corrected chi connectivity index (χ4v) is 3.21. The summed E-state index contributed by atoms with van der Waals surface area (Å²) in [5, 5.41) is 3.32. The maximum Gasteiger partial charge on any atom is 0.306 e. The molecular formula is C20H23FN6O. The second-order valence-electron chi connectivity index (χ2n) is 6.94. The third-order valence-corrected chi connectivity index (χ3v) is 4.29. The molecule has 0 radical (unpaired) electrons. The Bertz CT molecular complexity index is 1090. The van der Waals surface area contributed by atoms with Gasteiger partial charge in [-0.1, -0.05) is 0 Å². The number of aromatic nitrogens is 4. The molecule has 3 heterocycles. The number of anilines is 1. The van der Waals surface area contributed by atoms with Crippen molar-refractivity contribution >= 4 is 11.8 Å². The summed E-state index contributed by atoms with van der Waals surface area (Å²) in [6.07, 6.45) is 5.06. The molecule has 0 saturated carbocycles. The van der Waals surface area contributed by atoms with Crippen molar-refractivity contribution in [3.05, 3.63) is 54.8 Å². The first-order valence-corrected chi connectivity index (χ1v) is 8.97. The Kier molecular flexibility index (Phi) is 4.79. The average Bonchev–Trinajstić information content (AvgIpc) is 3.22. The number of oxazole rings is 1. The fourth-order valence-electron chi connectivity index (χ4n) is 3.21. The summed E-state index contributed by atoms with van der Waals surface area (Å²) >= 11 is 0. The van der Waals surface area contributed by atoms with Crippen LogP contribution in [0.3, 0.4) is 0 Å². The van der Waals surface area contributed by atoms with Crippen molar-refractivity contribution in [1.29, 1.82) is 0 Å². The number of imidazole rings is 1. The van der Waals surface area contributed by atoms with Crippen LogP contribution in [0.4, 0.5) is 10.3 Å². The van der Waals surface area contributed by atoms with E-state index in [1.165, 1.54) is 12.1 Å². The van der Waals surface area contributed by atoms with Crippen LogP contribution in [0, 0.1) is 5.82 Å². The minimum absolute atomic E-state index is 0. The minimum atomic E-state index is -0.295. The van der Waals surface area contributed by atoms with Gasteiger partial charge >= 0.3 is 5.84 Å². The summed E-state index contributed by atoms with van der Waals surface area (Å²) in [7, 11) is 4.04. The van der Waals surface area contributed by atoms with Crippen LogP contribution >= 0.6 is 0 Å². The smallest absolute Gasteiger partial charge is 0.306 e. The molecule has 1 atom stereocenters. The Hall–Kier alpha value is -3.26. The summed E-state index contributed by atoms with van der Waals surface area (Å²) < 4.78 is 20.6. The molecule has 0 fully saturated rings. The van der Waals surface area contributed by atoms with Crippen molar-refractivity contribution in [2.75, 3.05) is 26.0 Å². The Morgan fingerprint density at radius 2 is 2.00 bits per heavy atom. The summed E-state index contributed by atoms with van der Waals surface area (Å²) in [5.74, 6) is 0.690. The molecule has 1 unspecified atom stereocenters. The second kappa shape index (κ2) is 7.40. The third kappa shape index (κ3) is 3.59. The average molecular weight is 382 g/mol. The highest BCUT2D eigenvalue weighted by Gasteiger charge is 2.19. The number of likely N-dealkylation sites (N-methyl/N-ethyl adjacent to an activating group) is 1. The van der Waals surface area contributed by atoms with Gasteiger partial charge in [-0.25, -0.2) is 14.4 Å². The van der Waals surface area contributed by atoms with Gasteiger partial charge in [0.05, 0.1) is 5.69 Å². The van der Waals surface area contributed by atoms with Crippen LogP contribution in [0.2, 0.25) is 0 Å². The summed E-state index contributed by atoms with van der Waals surface area (Å²) in [5.41, 5.74) is 2.92. The van der Waals surface area contributed by atoms with Gasteiger partial charge < -0.3 is 14.6 Å². The maximum atomic E-state index is 13.4. The van der Waals surface area contributed by atoms with Crippen LogP contribution in [0.25, 0.3) is 28.5 Å². The van der Waals surface area contributed by atoms with Gasteiger partial charge in [-0.2, -0.15) is 4.98 Å². The van der Waals surface area contributed by atoms with Crippen molar-refractivity contribution in [2.45, 2.75) is 13.0 Å². The lowest BCUT2D eigenvalue weighted by atomic mass is 10.1. The Balaban J connectivity index is 0.00000240. The molecule has 1 N–H and O–H groups in total. The molecule has 0 spiro atoms. The van der Waals surface area contributed by atoms with Crippen molar-refractivity contribution < 1.29 is 10.2 Å². The van der Waals surface area contributed by atoms with Crippen molar-refractivity contribution in [1.82, 2.24) is 24.3 Å². The van der Waals surface area contributed by atoms with E-state index in [4.69, 9.17) is 4.42 Å². The van der Waals surface area contributed by atoms with E-state index in [9.17, 15) is 4.39 Å². The molecule has 0 aliphatic heterocycles. The normalized spacial score (nSPS) is 12.6. The largest absolute Gasteiger partial charge is 0.432 e. The van der Waals surface area contributed by atoms with Crippen LogP contribution in [0.1, 0.15) is 8.35 Å². The lowest BCUT2D eigenvalue weighted by Gasteiger charge is -2.18. The Labute approximate surface area is 163 Å². The van der Waals surface area contributed by atoms with E-state index in [0.717, 1.165) is 17.8 Å². The van der Waals surface area contributed by atoms with Crippen LogP contribution in [0.15, 0.2) is 53.4 Å². The van der Waals surface area contributed by atoms with E-state index < -0.39 is 0 Å². The zero-order chi connectivity index (χ0) is 19.7. The number of hydrogen-bond acceptors (Lipinski definition) is 6. The first-order chi connectivity index (χ1) is 13.5. The van der Waals surface area contributed by atoms with E-state index in [2.05, 4.69) is 32.1 Å². The zero-order valence-electron chi connectivity index (χ0n) is 15.9. The van der Waals surface area contributed by atoms with Gasteiger partial charge in [0, 0.05) is 32.0 Å². The molecule has 28 heavy (non-hydrogen) atoms. The Morgan fingerprint density at radius 1 is 1.21 bits per heavy atom. The predicted octanol–water partition coefficient (Wildman–Crippen LogP) is 3.80. The lowest BCUT2D eigenvalue weighted by Crippen LogP contribution is -2.30. The van der Waals surface area contributed by atoms with E-state index in [1.807, 2.05) is 24.6 Å². The molecule has 0 aliphatic carbocycles. The van der Waals surface area contributed by atoms with Gasteiger partial charge in [-0.15, -0.1) is 0 Å². The quantitative estimate of drug-likeness (QED) is 0.547. The van der Waals surface area contributed by atoms with E-state index in [0.29, 0.717) is 23.2 Å². The molecular weight excluding hydrogens is 359 g/mol. The maximum absolute atomic E-state index is 13.4. The third-order valence-electron chi connectivity index (χ3n) is 4.29. The predicted molar refractivity (Wildman–Crippen MR) is 108 cm³/mol. The highest BCUT2D eigenvalue weighted by atomic mass is 19.1. The number of rotatable bonds is 6. The van der Waals surface area contributed by atoms with Gasteiger partial charge in [-0.05, 0) is 51.4 Å². The SMILES string of the molecule is CC(CN(C)C)Nc1nccc(-c2c(-c3ccc(F)cc3)nc3occn23)n1.[HH]. The van der Waals surface area contributed by atoms with Crippen LogP contribution in [0.5, 0.6) is 0 Å². The number of fused-ring (bicyclic) bond motifs is 1. The molecule has 3 aromatic heterocycles. The van der Waals surface area contributed by atoms with E-state index in [1.54, 1.807) is 30.8 Å². The summed E-state index contributed by atoms with van der Waals surface area (Å²) in [6.45, 7) is 2.93. The molecule has 1 aromatic carbocycles. The van der Waals surface area contributed by atoms with Gasteiger partial charge in [-0.3, -0.25) is 4.40 Å². The van der Waals surface area contributed by atoms with Crippen LogP contribution in [-0.4, -0.2) is 50.9 Å². The lowest BCUT2D eigenvalue weighted by molar-refractivity contribution is 0.391. The van der Waals surface area contributed by atoms with E-state index >= 15 is 0 Å². The number of halogens is 1. The number of hydrogen-bond donors (Lipinski definition) is 1. The van der Waals surface area contributed by atoms with Gasteiger partial charge in [0.2, 0.25) is 5.95 Å². The molecule has 7 nitrogen and oxygen atoms in total. The number of nitrogens with zero attached hydrogens (tertiary/aromatic N) is 5. The van der Waals surface area contributed by atoms with Crippen molar-refractivity contribution in [3.8, 4) is 22.6 Å². The highest BCUT2D eigenvalue weighted by molar-refractivity contribution is 5.79. The van der Waals surface area contributed by atoms with Gasteiger partial charge in [0.1, 0.15) is 23.5 Å². The molecule has 4 aromatic rings. The van der Waals surface area contributed by atoms with E-state index in [-0.39, 0.29) is 13.3 Å². The van der Waals surface area contributed by atoms with Gasteiger partial charge in [0.15, 0.2) is 0 Å². The van der Waals surface area contributed by atoms with Crippen molar-refractivity contribution in [2.24, 2.45) is 0 Å². The van der Waals surface area contributed by atoms with Crippen LogP contribution < -0.4 is 5.32 Å². The van der Waals surface area contributed by atoms with Crippen LogP contribution in [-0.2, 0) is 0 Å². The van der Waals surface area contributed by atoms with Gasteiger partial charge in [0.25, 0.3) is 0 Å². The topological polar surface area (TPSA) is 71.5 Å². The Morgan fingerprint density at radius 3 is 2.75 bits per heavy atom. The first kappa shape index (κ1) is 18.1. The molecule has 0 saturated heterocycles.